The molecule has 0 bridgehead atoms. The molecule has 0 saturated carbocycles. The van der Waals surface area contributed by atoms with Gasteiger partial charge in [-0.1, -0.05) is 24.8 Å². The third-order valence-corrected chi connectivity index (χ3v) is 2.55. The van der Waals surface area contributed by atoms with Gasteiger partial charge in [0, 0.05) is 11.3 Å². The van der Waals surface area contributed by atoms with Crippen molar-refractivity contribution in [3.05, 3.63) is 66.7 Å². The fourth-order valence-electron chi connectivity index (χ4n) is 1.46. The Bertz CT molecular complexity index is 631. The maximum Gasteiger partial charge on any atom is 0.250 e. The van der Waals surface area contributed by atoms with E-state index in [0.29, 0.717) is 11.3 Å². The number of carbonyl (C=O) groups excluding carboxylic acids is 1. The molecule has 2 aromatic rings. The lowest BCUT2D eigenvalue weighted by atomic mass is 10.2. The minimum atomic E-state index is -0.191. The summed E-state index contributed by atoms with van der Waals surface area (Å²) in [6.07, 6.45) is 0. The third kappa shape index (κ3) is 3.88. The topological polar surface area (TPSA) is 53.8 Å². The van der Waals surface area contributed by atoms with Crippen molar-refractivity contribution in [3.8, 4) is 0 Å². The molecule has 0 atom stereocenters. The molecular weight excluding hydrogens is 250 g/mol. The van der Waals surface area contributed by atoms with Gasteiger partial charge in [-0.15, -0.1) is 0 Å². The number of benzene rings is 2. The second kappa shape index (κ2) is 6.43. The first-order valence-corrected chi connectivity index (χ1v) is 6.19. The lowest BCUT2D eigenvalue weighted by molar-refractivity contribution is -0.112. The van der Waals surface area contributed by atoms with E-state index in [2.05, 4.69) is 22.1 Å². The summed E-state index contributed by atoms with van der Waals surface area (Å²) in [7, 11) is 0. The second-order valence-electron chi connectivity index (χ2n) is 4.32. The molecule has 0 unspecified atom stereocenters. The van der Waals surface area contributed by atoms with Crippen LogP contribution in [0.4, 0.5) is 17.1 Å². The summed E-state index contributed by atoms with van der Waals surface area (Å²) < 4.78 is 0. The average molecular weight is 265 g/mol. The Balaban J connectivity index is 2.03. The Morgan fingerprint density at radius 1 is 0.950 bits per heavy atom. The van der Waals surface area contributed by atoms with E-state index in [1.807, 2.05) is 30.3 Å². The molecule has 0 saturated heterocycles. The Hall–Kier alpha value is -2.75. The number of azo groups is 1. The van der Waals surface area contributed by atoms with Crippen molar-refractivity contribution in [2.45, 2.75) is 6.92 Å². The van der Waals surface area contributed by atoms with Gasteiger partial charge in [-0.3, -0.25) is 4.79 Å². The predicted octanol–water partition coefficient (Wildman–Crippen LogP) is 4.62. The van der Waals surface area contributed by atoms with Gasteiger partial charge in [0.2, 0.25) is 0 Å². The minimum absolute atomic E-state index is 0.191. The van der Waals surface area contributed by atoms with Crippen molar-refractivity contribution < 1.29 is 4.79 Å². The molecule has 0 radical (unpaired) electrons. The van der Waals surface area contributed by atoms with Gasteiger partial charge in [0.1, 0.15) is 0 Å². The van der Waals surface area contributed by atoms with Crippen molar-refractivity contribution in [3.63, 3.8) is 0 Å². The Kier molecular flexibility index (Phi) is 4.39. The summed E-state index contributed by atoms with van der Waals surface area (Å²) in [4.78, 5) is 11.5. The first-order valence-electron chi connectivity index (χ1n) is 6.19. The van der Waals surface area contributed by atoms with E-state index in [0.717, 1.165) is 11.4 Å². The zero-order chi connectivity index (χ0) is 14.4. The number of rotatable bonds is 4. The summed E-state index contributed by atoms with van der Waals surface area (Å²) in [6.45, 7) is 5.25. The summed E-state index contributed by atoms with van der Waals surface area (Å²) in [5, 5.41) is 11.0. The molecule has 0 aliphatic carbocycles. The average Bonchev–Trinajstić information content (AvgIpc) is 2.47. The fraction of sp³-hybridized carbons (Fsp3) is 0.0625. The van der Waals surface area contributed by atoms with Crippen molar-refractivity contribution in [2.75, 3.05) is 5.32 Å². The van der Waals surface area contributed by atoms with Gasteiger partial charge in [-0.05, 0) is 43.3 Å². The predicted molar refractivity (Wildman–Crippen MR) is 80.5 cm³/mol. The number of carbonyl (C=O) groups is 1. The van der Waals surface area contributed by atoms with Crippen molar-refractivity contribution >= 4 is 23.0 Å². The Morgan fingerprint density at radius 3 is 2.05 bits per heavy atom. The first-order chi connectivity index (χ1) is 9.65. The smallest absolute Gasteiger partial charge is 0.250 e. The van der Waals surface area contributed by atoms with Gasteiger partial charge >= 0.3 is 0 Å². The lowest BCUT2D eigenvalue weighted by Gasteiger charge is -2.04. The highest BCUT2D eigenvalue weighted by atomic mass is 16.1. The van der Waals surface area contributed by atoms with E-state index in [1.54, 1.807) is 31.2 Å². The lowest BCUT2D eigenvalue weighted by Crippen LogP contribution is -2.11. The molecule has 1 amide bonds. The standard InChI is InChI=1S/C16H15N3O/c1-12(2)16(20)17-13-8-10-15(11-9-13)19-18-14-6-4-3-5-7-14/h3-11H,1H2,2H3,(H,17,20). The molecule has 100 valence electrons. The quantitative estimate of drug-likeness (QED) is 0.636. The highest BCUT2D eigenvalue weighted by molar-refractivity contribution is 6.02. The van der Waals surface area contributed by atoms with E-state index in [4.69, 9.17) is 0 Å². The SMILES string of the molecule is C=C(C)C(=O)Nc1ccc(N=Nc2ccccc2)cc1. The van der Waals surface area contributed by atoms with Crippen LogP contribution in [0.1, 0.15) is 6.92 Å². The minimum Gasteiger partial charge on any atom is -0.322 e. The number of nitrogens with zero attached hydrogens (tertiary/aromatic N) is 2. The van der Waals surface area contributed by atoms with Crippen LogP contribution in [0.15, 0.2) is 77.0 Å². The van der Waals surface area contributed by atoms with Crippen molar-refractivity contribution in [2.24, 2.45) is 10.2 Å². The fourth-order valence-corrected chi connectivity index (χ4v) is 1.46. The molecule has 2 aromatic carbocycles. The van der Waals surface area contributed by atoms with E-state index in [1.165, 1.54) is 0 Å². The number of hydrogen-bond donors (Lipinski definition) is 1. The Labute approximate surface area is 117 Å². The third-order valence-electron chi connectivity index (χ3n) is 2.55. The molecular formula is C16H15N3O. The molecule has 1 N–H and O–H groups in total. The van der Waals surface area contributed by atoms with Crippen LogP contribution in [0.3, 0.4) is 0 Å². The molecule has 4 heteroatoms. The van der Waals surface area contributed by atoms with Crippen LogP contribution in [0, 0.1) is 0 Å². The normalized spacial score (nSPS) is 10.4. The maximum absolute atomic E-state index is 11.5. The highest BCUT2D eigenvalue weighted by Crippen LogP contribution is 2.20. The molecule has 4 nitrogen and oxygen atoms in total. The summed E-state index contributed by atoms with van der Waals surface area (Å²) >= 11 is 0. The van der Waals surface area contributed by atoms with E-state index < -0.39 is 0 Å². The number of anilines is 1. The largest absolute Gasteiger partial charge is 0.322 e. The van der Waals surface area contributed by atoms with Gasteiger partial charge in [0.05, 0.1) is 11.4 Å². The van der Waals surface area contributed by atoms with Gasteiger partial charge in [-0.2, -0.15) is 10.2 Å². The zero-order valence-corrected chi connectivity index (χ0v) is 11.2. The molecule has 0 spiro atoms. The van der Waals surface area contributed by atoms with Crippen LogP contribution >= 0.6 is 0 Å². The first kappa shape index (κ1) is 13.7. The molecule has 0 heterocycles. The highest BCUT2D eigenvalue weighted by Gasteiger charge is 2.01. The van der Waals surface area contributed by atoms with E-state index in [9.17, 15) is 4.79 Å². The van der Waals surface area contributed by atoms with Crippen LogP contribution in [-0.2, 0) is 4.79 Å². The number of nitrogens with one attached hydrogen (secondary N) is 1. The summed E-state index contributed by atoms with van der Waals surface area (Å²) in [5.41, 5.74) is 2.70. The van der Waals surface area contributed by atoms with Crippen LogP contribution in [-0.4, -0.2) is 5.91 Å². The van der Waals surface area contributed by atoms with Gasteiger partial charge < -0.3 is 5.32 Å². The summed E-state index contributed by atoms with van der Waals surface area (Å²) in [6, 6.07) is 16.6. The molecule has 0 aliphatic rings. The van der Waals surface area contributed by atoms with Crippen molar-refractivity contribution in [1.29, 1.82) is 0 Å². The number of amides is 1. The van der Waals surface area contributed by atoms with Crippen LogP contribution in [0.2, 0.25) is 0 Å². The van der Waals surface area contributed by atoms with Crippen molar-refractivity contribution in [1.82, 2.24) is 0 Å². The second-order valence-corrected chi connectivity index (χ2v) is 4.32. The van der Waals surface area contributed by atoms with E-state index >= 15 is 0 Å². The number of hydrogen-bond acceptors (Lipinski definition) is 3. The Morgan fingerprint density at radius 2 is 1.50 bits per heavy atom. The summed E-state index contributed by atoms with van der Waals surface area (Å²) in [5.74, 6) is -0.191. The van der Waals surface area contributed by atoms with Crippen LogP contribution in [0.25, 0.3) is 0 Å². The molecule has 20 heavy (non-hydrogen) atoms. The van der Waals surface area contributed by atoms with Gasteiger partial charge in [0.15, 0.2) is 0 Å². The molecule has 2 rings (SSSR count). The maximum atomic E-state index is 11.5. The molecule has 0 aliphatic heterocycles. The molecule has 0 fully saturated rings. The van der Waals surface area contributed by atoms with Gasteiger partial charge in [-0.25, -0.2) is 0 Å². The van der Waals surface area contributed by atoms with E-state index in [-0.39, 0.29) is 5.91 Å². The monoisotopic (exact) mass is 265 g/mol. The van der Waals surface area contributed by atoms with Crippen LogP contribution in [0.5, 0.6) is 0 Å². The zero-order valence-electron chi connectivity index (χ0n) is 11.2. The van der Waals surface area contributed by atoms with Crippen LogP contribution < -0.4 is 5.32 Å². The van der Waals surface area contributed by atoms with Gasteiger partial charge in [0.25, 0.3) is 5.91 Å². The molecule has 0 aromatic heterocycles.